The second kappa shape index (κ2) is 7.99. The van der Waals surface area contributed by atoms with Crippen LogP contribution in [-0.4, -0.2) is 31.8 Å². The van der Waals surface area contributed by atoms with Crippen LogP contribution in [0.4, 0.5) is 0 Å². The molecular formula is C15H19Cl2NO3. The van der Waals surface area contributed by atoms with Crippen LogP contribution in [-0.2, 0) is 14.3 Å². The predicted octanol–water partition coefficient (Wildman–Crippen LogP) is 3.37. The molecule has 6 heteroatoms. The summed E-state index contributed by atoms with van der Waals surface area (Å²) in [7, 11) is 0. The molecule has 1 N–H and O–H groups in total. The molecule has 1 aromatic carbocycles. The molecule has 0 bridgehead atoms. The van der Waals surface area contributed by atoms with Crippen molar-refractivity contribution < 1.29 is 14.3 Å². The number of rotatable bonds is 6. The highest BCUT2D eigenvalue weighted by Crippen LogP contribution is 2.27. The summed E-state index contributed by atoms with van der Waals surface area (Å²) >= 11 is 12.2. The molecular weight excluding hydrogens is 313 g/mol. The lowest BCUT2D eigenvalue weighted by atomic mass is 10.1. The van der Waals surface area contributed by atoms with E-state index in [1.165, 1.54) is 0 Å². The number of halogens is 2. The lowest BCUT2D eigenvalue weighted by molar-refractivity contribution is -0.146. The first kappa shape index (κ1) is 16.6. The molecule has 21 heavy (non-hydrogen) atoms. The average molecular weight is 332 g/mol. The van der Waals surface area contributed by atoms with Crippen molar-refractivity contribution in [2.75, 3.05) is 19.8 Å². The second-order valence-electron chi connectivity index (χ2n) is 4.89. The molecule has 1 aliphatic rings. The van der Waals surface area contributed by atoms with Crippen LogP contribution in [0, 0.1) is 0 Å². The topological polar surface area (TPSA) is 47.6 Å². The van der Waals surface area contributed by atoms with Gasteiger partial charge in [-0.1, -0.05) is 23.2 Å². The summed E-state index contributed by atoms with van der Waals surface area (Å²) in [6.45, 7) is 3.43. The van der Waals surface area contributed by atoms with Crippen molar-refractivity contribution in [1.29, 1.82) is 0 Å². The predicted molar refractivity (Wildman–Crippen MR) is 82.8 cm³/mol. The summed E-state index contributed by atoms with van der Waals surface area (Å²) in [6, 6.07) is 4.42. The normalized spacial score (nSPS) is 19.5. The number of carbonyl (C=O) groups is 1. The van der Waals surface area contributed by atoms with Gasteiger partial charge in [0.25, 0.3) is 0 Å². The van der Waals surface area contributed by atoms with E-state index in [1.807, 2.05) is 0 Å². The highest BCUT2D eigenvalue weighted by molar-refractivity contribution is 6.33. The van der Waals surface area contributed by atoms with Gasteiger partial charge in [0.05, 0.1) is 12.7 Å². The third-order valence-corrected chi connectivity index (χ3v) is 3.94. The monoisotopic (exact) mass is 331 g/mol. The van der Waals surface area contributed by atoms with Crippen LogP contribution in [0.2, 0.25) is 10.0 Å². The van der Waals surface area contributed by atoms with Gasteiger partial charge in [0.1, 0.15) is 6.04 Å². The summed E-state index contributed by atoms with van der Waals surface area (Å²) in [5.41, 5.74) is 0.626. The largest absolute Gasteiger partial charge is 0.465 e. The smallest absolute Gasteiger partial charge is 0.327 e. The number of ether oxygens (including phenoxy) is 2. The maximum absolute atomic E-state index is 12.2. The summed E-state index contributed by atoms with van der Waals surface area (Å²) in [5.74, 6) is -0.361. The highest BCUT2D eigenvalue weighted by atomic mass is 35.5. The van der Waals surface area contributed by atoms with E-state index < -0.39 is 6.04 Å². The summed E-state index contributed by atoms with van der Waals surface area (Å²) in [4.78, 5) is 12.2. The van der Waals surface area contributed by atoms with E-state index in [-0.39, 0.29) is 12.1 Å². The fourth-order valence-corrected chi connectivity index (χ4v) is 2.74. The van der Waals surface area contributed by atoms with Gasteiger partial charge in [-0.2, -0.15) is 0 Å². The quantitative estimate of drug-likeness (QED) is 0.812. The van der Waals surface area contributed by atoms with Crippen LogP contribution < -0.4 is 5.32 Å². The number of carbonyl (C=O) groups excluding carboxylic acids is 1. The second-order valence-corrected chi connectivity index (χ2v) is 5.74. The Hall–Kier alpha value is -0.810. The molecule has 0 aromatic heterocycles. The van der Waals surface area contributed by atoms with E-state index >= 15 is 0 Å². The first-order valence-electron chi connectivity index (χ1n) is 7.08. The van der Waals surface area contributed by atoms with Gasteiger partial charge < -0.3 is 9.47 Å². The van der Waals surface area contributed by atoms with Gasteiger partial charge >= 0.3 is 5.97 Å². The molecule has 0 amide bonds. The Morgan fingerprint density at radius 1 is 1.52 bits per heavy atom. The molecule has 4 nitrogen and oxygen atoms in total. The Morgan fingerprint density at radius 3 is 3.00 bits per heavy atom. The molecule has 1 fully saturated rings. The van der Waals surface area contributed by atoms with Crippen molar-refractivity contribution in [2.24, 2.45) is 0 Å². The Labute approximate surface area is 134 Å². The van der Waals surface area contributed by atoms with Crippen molar-refractivity contribution >= 4 is 29.2 Å². The zero-order chi connectivity index (χ0) is 15.2. The van der Waals surface area contributed by atoms with E-state index in [4.69, 9.17) is 32.7 Å². The SMILES string of the molecule is CCOC(=O)C(NCC1CCCO1)c1cc(Cl)ccc1Cl. The molecule has 1 heterocycles. The summed E-state index contributed by atoms with van der Waals surface area (Å²) in [6.07, 6.45) is 2.17. The van der Waals surface area contributed by atoms with E-state index in [0.717, 1.165) is 19.4 Å². The summed E-state index contributed by atoms with van der Waals surface area (Å²) < 4.78 is 10.7. The van der Waals surface area contributed by atoms with Crippen LogP contribution in [0.5, 0.6) is 0 Å². The maximum Gasteiger partial charge on any atom is 0.327 e. The molecule has 0 radical (unpaired) electrons. The van der Waals surface area contributed by atoms with Crippen molar-refractivity contribution in [1.82, 2.24) is 5.32 Å². The van der Waals surface area contributed by atoms with Crippen LogP contribution in [0.15, 0.2) is 18.2 Å². The molecule has 2 atom stereocenters. The third kappa shape index (κ3) is 4.58. The molecule has 1 saturated heterocycles. The Bertz CT molecular complexity index is 490. The first-order chi connectivity index (χ1) is 10.1. The summed E-state index contributed by atoms with van der Waals surface area (Å²) in [5, 5.41) is 4.20. The van der Waals surface area contributed by atoms with E-state index in [2.05, 4.69) is 5.32 Å². The van der Waals surface area contributed by atoms with Crippen LogP contribution >= 0.6 is 23.2 Å². The van der Waals surface area contributed by atoms with Gasteiger partial charge in [0, 0.05) is 28.8 Å². The van der Waals surface area contributed by atoms with E-state index in [1.54, 1.807) is 25.1 Å². The molecule has 2 rings (SSSR count). The Kier molecular flexibility index (Phi) is 6.30. The molecule has 2 unspecified atom stereocenters. The minimum Gasteiger partial charge on any atom is -0.465 e. The first-order valence-corrected chi connectivity index (χ1v) is 7.84. The molecule has 1 aromatic rings. The molecule has 0 spiro atoms. The Morgan fingerprint density at radius 2 is 2.33 bits per heavy atom. The molecule has 1 aliphatic heterocycles. The maximum atomic E-state index is 12.2. The minimum atomic E-state index is -0.639. The van der Waals surface area contributed by atoms with Gasteiger partial charge in [-0.25, -0.2) is 4.79 Å². The zero-order valence-electron chi connectivity index (χ0n) is 11.9. The number of hydrogen-bond acceptors (Lipinski definition) is 4. The average Bonchev–Trinajstić information content (AvgIpc) is 2.96. The highest BCUT2D eigenvalue weighted by Gasteiger charge is 2.26. The van der Waals surface area contributed by atoms with Gasteiger partial charge in [-0.15, -0.1) is 0 Å². The van der Waals surface area contributed by atoms with Crippen molar-refractivity contribution in [3.8, 4) is 0 Å². The van der Waals surface area contributed by atoms with Gasteiger partial charge in [0.2, 0.25) is 0 Å². The van der Waals surface area contributed by atoms with Crippen LogP contribution in [0.1, 0.15) is 31.4 Å². The minimum absolute atomic E-state index is 0.125. The Balaban J connectivity index is 2.14. The molecule has 0 saturated carbocycles. The van der Waals surface area contributed by atoms with Gasteiger partial charge in [0.15, 0.2) is 0 Å². The van der Waals surface area contributed by atoms with Gasteiger partial charge in [-0.3, -0.25) is 5.32 Å². The third-order valence-electron chi connectivity index (χ3n) is 3.36. The van der Waals surface area contributed by atoms with Crippen molar-refractivity contribution in [2.45, 2.75) is 31.9 Å². The van der Waals surface area contributed by atoms with E-state index in [9.17, 15) is 4.79 Å². The van der Waals surface area contributed by atoms with Crippen LogP contribution in [0.25, 0.3) is 0 Å². The molecule has 0 aliphatic carbocycles. The van der Waals surface area contributed by atoms with Gasteiger partial charge in [-0.05, 0) is 38.0 Å². The lowest BCUT2D eigenvalue weighted by Crippen LogP contribution is -2.35. The zero-order valence-corrected chi connectivity index (χ0v) is 13.4. The number of nitrogens with one attached hydrogen (secondary N) is 1. The van der Waals surface area contributed by atoms with Crippen molar-refractivity contribution in [3.05, 3.63) is 33.8 Å². The van der Waals surface area contributed by atoms with Crippen molar-refractivity contribution in [3.63, 3.8) is 0 Å². The lowest BCUT2D eigenvalue weighted by Gasteiger charge is -2.21. The standard InChI is InChI=1S/C15H19Cl2NO3/c1-2-20-15(19)14(18-9-11-4-3-7-21-11)12-8-10(16)5-6-13(12)17/h5-6,8,11,14,18H,2-4,7,9H2,1H3. The number of benzene rings is 1. The van der Waals surface area contributed by atoms with Crippen LogP contribution in [0.3, 0.4) is 0 Å². The number of hydrogen-bond donors (Lipinski definition) is 1. The fourth-order valence-electron chi connectivity index (χ4n) is 2.34. The molecule has 116 valence electrons. The van der Waals surface area contributed by atoms with E-state index in [0.29, 0.717) is 28.8 Å². The fraction of sp³-hybridized carbons (Fsp3) is 0.533. The number of esters is 1.